The van der Waals surface area contributed by atoms with E-state index in [1.807, 2.05) is 30.3 Å². The van der Waals surface area contributed by atoms with Crippen molar-refractivity contribution in [3.8, 4) is 0 Å². The van der Waals surface area contributed by atoms with Crippen LogP contribution in [0, 0.1) is 82.9 Å². The summed E-state index contributed by atoms with van der Waals surface area (Å²) in [7, 11) is 20.1. The van der Waals surface area contributed by atoms with E-state index in [2.05, 4.69) is 150 Å². The van der Waals surface area contributed by atoms with Crippen LogP contribution >= 0.6 is 83.6 Å². The third-order valence-corrected chi connectivity index (χ3v) is 29.8. The predicted molar refractivity (Wildman–Crippen MR) is 543 cm³/mol. The van der Waals surface area contributed by atoms with Crippen molar-refractivity contribution in [3.63, 3.8) is 0 Å². The number of hydrogen-bond donors (Lipinski definition) is 5. The summed E-state index contributed by atoms with van der Waals surface area (Å²) in [4.78, 5) is 83.0. The molecule has 34 heteroatoms. The minimum atomic E-state index is -4.98. The number of benzene rings is 2. The Bertz CT molecular complexity index is 5120. The molecule has 14 bridgehead atoms. The number of fused-ring (bicyclic) bond motifs is 6. The molecule has 6 heterocycles. The Balaban J connectivity index is 0.000000180. The number of carbonyl (C=O) groups excluding carboxylic acids is 5. The minimum absolute atomic E-state index is 0. The monoisotopic (exact) mass is 2100 g/mol. The standard InChI is InChI=1S/C18H20ClF3N2O2.C16H19ClN4O.C16H18N4O.C16H19NO2.C16H19N.C10H14O.C6H5NO.C4H8O.CH2Cl2.2CH4.4ClH.Ti/c19-16-5-10-4-12(7-16)13(17(26,6-10)9-16)14(11-2-1-3-23-8-11)24-15(25)18(20,21)22;17-15-5-10-4-12(7-15)13(16(22,6-10)9-15)14(20-21-18)11-2-1-3-19-8-11;1-10-5-11-7-13(6-10)15(14(21)8-11)16(19-20-17)12-3-2-4-18-9-12;1-10-5-11-7-13(6-10)15(14(18)8-11)16(19)12-3-2-4-17-9-12;1-13(15-9-5-3-6-10-15)17-14(2)16-11-7-4-8-12-16;1-7-2-8-4-9(3-7)6-10(11)5-8;8-5-6-2-1-3-7-4-6;1-2-4-5-3-1;2-1-3;;;;;;;/h1-3,8,10,12-14,26H,4-7,9H2,(H,24,25);1-3,8,10,12-14,22H,4-7,9H2;2-4,9,11,13,15-16H,1,5-8H2;2-4,9,11,13,15-16,19H,1,5-8H2;3-14,17H,1-2H3;8-9H,1-6H2;1-5H;1-4H2;1H2;2*1H4;4*1H;/q;;;;;;;;;;;;;;;+4/p-4/t10-,12?,13+,14-,16-,17-;10-,12?,13+,14-,15-,16-;11-,13?,15+,16+;11-,13?,15+,16-;13-,14-;8-,9?;;;;;;;;;;/m001101........../s1. The van der Waals surface area contributed by atoms with Gasteiger partial charge in [-0.3, -0.25) is 48.9 Å². The maximum absolute atomic E-state index is 12.9. The van der Waals surface area contributed by atoms with E-state index in [9.17, 15) is 52.5 Å². The second kappa shape index (κ2) is 54.1. The van der Waals surface area contributed by atoms with Crippen LogP contribution in [-0.4, -0.2) is 115 Å². The average molecular weight is 2110 g/mol. The molecular weight excluding hydrogens is 1980 g/mol. The molecule has 139 heavy (non-hydrogen) atoms. The van der Waals surface area contributed by atoms with Gasteiger partial charge in [-0.2, -0.15) is 13.2 Å². The Hall–Kier alpha value is -7.20. The molecule has 15 fully saturated rings. The second-order valence-electron chi connectivity index (χ2n) is 39.4. The van der Waals surface area contributed by atoms with E-state index in [0.29, 0.717) is 103 Å². The van der Waals surface area contributed by atoms with Gasteiger partial charge in [0, 0.05) is 156 Å². The Morgan fingerprint density at radius 2 is 0.892 bits per heavy atom. The summed E-state index contributed by atoms with van der Waals surface area (Å²) < 4.78 is 43.6. The maximum Gasteiger partial charge on any atom is 0.0705 e. The molecule has 1 amide bonds. The number of nitrogens with zero attached hydrogens (tertiary/aromatic N) is 11. The van der Waals surface area contributed by atoms with Gasteiger partial charge in [0.25, 0.3) is 0 Å². The number of amides is 1. The van der Waals surface area contributed by atoms with Crippen molar-refractivity contribution < 1.29 is 69.5 Å². The van der Waals surface area contributed by atoms with Crippen LogP contribution in [0.15, 0.2) is 230 Å². The molecule has 0 spiro atoms. The van der Waals surface area contributed by atoms with E-state index in [0.717, 1.165) is 139 Å². The van der Waals surface area contributed by atoms with Crippen molar-refractivity contribution in [1.82, 2.24) is 35.6 Å². The van der Waals surface area contributed by atoms with E-state index in [1.165, 1.54) is 65.7 Å². The second-order valence-corrected chi connectivity index (χ2v) is 57.3. The summed E-state index contributed by atoms with van der Waals surface area (Å²) in [6, 6.07) is 37.8. The molecule has 1 aliphatic heterocycles. The van der Waals surface area contributed by atoms with Crippen LogP contribution in [-0.2, 0) is 36.3 Å². The number of ether oxygens (including phenoxy) is 1. The van der Waals surface area contributed by atoms with Crippen molar-refractivity contribution in [1.29, 1.82) is 0 Å². The number of aliphatic hydroxyl groups excluding tert-OH is 1. The van der Waals surface area contributed by atoms with E-state index < -0.39 is 64.6 Å². The zero-order chi connectivity index (χ0) is 98.8. The molecular formula is C105H132Cl8F3N13O9Ti. The van der Waals surface area contributed by atoms with Crippen molar-refractivity contribution >= 4 is 113 Å². The number of aromatic nitrogens is 5. The Morgan fingerprint density at radius 3 is 1.27 bits per heavy atom. The number of Topliss-reactive ketones (excluding diaryl/α,β-unsaturated/α-hetero) is 3. The van der Waals surface area contributed by atoms with Crippen LogP contribution in [0.4, 0.5) is 13.2 Å². The fourth-order valence-electron chi connectivity index (χ4n) is 24.7. The number of alkyl halides is 7. The number of aldehydes is 1. The van der Waals surface area contributed by atoms with Gasteiger partial charge in [-0.05, 0) is 289 Å². The van der Waals surface area contributed by atoms with Gasteiger partial charge in [-0.25, -0.2) is 0 Å². The van der Waals surface area contributed by atoms with Crippen LogP contribution in [0.1, 0.15) is 269 Å². The summed E-state index contributed by atoms with van der Waals surface area (Å²) in [6.45, 7) is 18.6. The van der Waals surface area contributed by atoms with Gasteiger partial charge >= 0.3 is 61.6 Å². The summed E-state index contributed by atoms with van der Waals surface area (Å²) in [5.41, 5.74) is 26.0. The molecule has 0 radical (unpaired) electrons. The molecule has 14 aliphatic carbocycles. The molecule has 22 nitrogen and oxygen atoms in total. The van der Waals surface area contributed by atoms with Gasteiger partial charge in [0.1, 0.15) is 17.3 Å². The summed E-state index contributed by atoms with van der Waals surface area (Å²) in [5.74, 6) is 1.61. The van der Waals surface area contributed by atoms with E-state index >= 15 is 0 Å². The van der Waals surface area contributed by atoms with Gasteiger partial charge in [0.15, 0.2) is 6.29 Å². The van der Waals surface area contributed by atoms with Gasteiger partial charge in [-0.1, -0.05) is 146 Å². The number of nitrogens with one attached hydrogen (secondary N) is 2. The van der Waals surface area contributed by atoms with Crippen LogP contribution in [0.2, 0.25) is 0 Å². The van der Waals surface area contributed by atoms with Crippen molar-refractivity contribution in [3.05, 3.63) is 280 Å². The summed E-state index contributed by atoms with van der Waals surface area (Å²) in [6.07, 6.45) is 33.6. The molecule has 14 saturated carbocycles. The first-order chi connectivity index (χ1) is 65.3. The normalized spacial score (nSPS) is 29.8. The fraction of sp³-hybridized carbons (Fsp3) is 0.543. The van der Waals surface area contributed by atoms with Gasteiger partial charge in [0.05, 0.1) is 46.7 Å². The van der Waals surface area contributed by atoms with Crippen LogP contribution in [0.5, 0.6) is 0 Å². The average Bonchev–Trinajstić information content (AvgIpc) is 1.09. The van der Waals surface area contributed by atoms with Gasteiger partial charge in [0.2, 0.25) is 0 Å². The quantitative estimate of drug-likeness (QED) is 0.0114. The number of carbonyl (C=O) groups is 5. The molecule has 5 unspecified atom stereocenters. The van der Waals surface area contributed by atoms with Crippen molar-refractivity contribution in [2.75, 3.05) is 18.6 Å². The number of aliphatic hydroxyl groups is 3. The zero-order valence-corrected chi connectivity index (χ0v) is 84.8. The third-order valence-electron chi connectivity index (χ3n) is 28.9. The predicted octanol–water partition coefficient (Wildman–Crippen LogP) is 27.6. The number of pyridine rings is 5. The Labute approximate surface area is 855 Å². The van der Waals surface area contributed by atoms with Crippen LogP contribution in [0.3, 0.4) is 0 Å². The Kier molecular flexibility index (Phi) is 44.9. The molecule has 15 aliphatic rings. The number of rotatable bonds is 16. The van der Waals surface area contributed by atoms with Gasteiger partial charge < -0.3 is 30.7 Å². The third kappa shape index (κ3) is 33.7. The number of azide groups is 2. The molecule has 752 valence electrons. The van der Waals surface area contributed by atoms with E-state index in [-0.39, 0.29) is 84.1 Å². The number of ketones is 3. The first-order valence-electron chi connectivity index (χ1n) is 47.1. The number of halogens is 11. The zero-order valence-electron chi connectivity index (χ0n) is 77.2. The minimum Gasteiger partial charge on any atom is -0.389 e. The fourth-order valence-corrected chi connectivity index (χ4v) is 26.0. The van der Waals surface area contributed by atoms with E-state index in [1.54, 1.807) is 73.7 Å². The molecule has 5 N–H and O–H groups in total. The van der Waals surface area contributed by atoms with Crippen LogP contribution in [0.25, 0.3) is 20.9 Å². The molecule has 24 atom stereocenters. The SMILES string of the molecule is C.C.C1CCOC1.C=C1CC2CC(=O)C[C@H](C1)C2.C=C1CC2C[C@@H](C1)CC(=O)[C@H]2[C@@H](N=[N+]=[N-])c1cccnc1.C=C1CC2C[C@@H](C1)CC(=O)[C@H]2[C@H](O)c1cccnc1.C[C@H](N[C@@H](C)c1ccccc1)c1ccccc1.ClCCl.O=C(N[C@@H](c1cccnc1)[C@H]1C2C[C@H]3C[C@](Cl)(C2)C[C@@]1(O)C3)C(F)(F)F.O=Cc1cccnc1.[Cl][Ti]([Cl])([Cl])[Cl].[N-]=[N+]=N[C@@H](c1cccnc1)[C@H]1C2C[C@H]3C[C@](Cl)(C2)C[C@@]1(O)C3. The van der Waals surface area contributed by atoms with Crippen molar-refractivity contribution in [2.24, 2.45) is 93.1 Å². The largest absolute Gasteiger partial charge is 0.389 e. The van der Waals surface area contributed by atoms with Crippen LogP contribution < -0.4 is 10.6 Å². The maximum atomic E-state index is 12.9. The first kappa shape index (κ1) is 115. The van der Waals surface area contributed by atoms with Gasteiger partial charge in [-0.15, -0.1) is 46.4 Å². The molecule has 7 aromatic rings. The number of allylic oxidation sites excluding steroid dienone is 3. The molecule has 22 rings (SSSR count). The van der Waals surface area contributed by atoms with E-state index in [4.69, 9.17) is 99.4 Å². The molecule has 1 saturated heterocycles. The molecule has 2 aromatic carbocycles. The summed E-state index contributed by atoms with van der Waals surface area (Å²) >= 11 is 19.8. The smallest absolute Gasteiger partial charge is 0.0705 e. The molecule has 5 aromatic heterocycles. The number of hydrogen-bond acceptors (Lipinski definition) is 17. The first-order valence-corrected chi connectivity index (χ1v) is 57.5. The summed E-state index contributed by atoms with van der Waals surface area (Å²) in [5, 5.41) is 47.1. The topological polar surface area (TPSA) is 341 Å². The van der Waals surface area contributed by atoms with Crippen molar-refractivity contribution in [2.45, 2.75) is 253 Å². The Morgan fingerprint density at radius 1 is 0.518 bits per heavy atom.